The lowest BCUT2D eigenvalue weighted by Gasteiger charge is -2.08. The zero-order valence-electron chi connectivity index (χ0n) is 9.80. The standard InChI is InChI=1S/C14H17NO2/c16-10-4-1-5-11-17-14-8-9-15-13-7-3-2-6-12(13)14/h2-3,6-9,16H,1,4-5,10-11H2. The first-order chi connectivity index (χ1) is 8.42. The van der Waals surface area contributed by atoms with Crippen LogP contribution in [0, 0.1) is 0 Å². The maximum atomic E-state index is 8.67. The van der Waals surface area contributed by atoms with Gasteiger partial charge in [-0.2, -0.15) is 0 Å². The van der Waals surface area contributed by atoms with Crippen LogP contribution in [0.2, 0.25) is 0 Å². The molecule has 0 saturated heterocycles. The quantitative estimate of drug-likeness (QED) is 0.777. The van der Waals surface area contributed by atoms with Crippen LogP contribution in [-0.2, 0) is 0 Å². The Bertz CT molecular complexity index is 465. The van der Waals surface area contributed by atoms with Crippen molar-refractivity contribution in [1.82, 2.24) is 4.98 Å². The average molecular weight is 231 g/mol. The van der Waals surface area contributed by atoms with E-state index in [1.54, 1.807) is 6.20 Å². The maximum absolute atomic E-state index is 8.67. The number of rotatable bonds is 6. The van der Waals surface area contributed by atoms with Gasteiger partial charge in [-0.05, 0) is 37.5 Å². The number of para-hydroxylation sites is 1. The van der Waals surface area contributed by atoms with E-state index in [9.17, 15) is 0 Å². The Morgan fingerprint density at radius 2 is 1.94 bits per heavy atom. The Morgan fingerprint density at radius 3 is 2.82 bits per heavy atom. The van der Waals surface area contributed by atoms with Gasteiger partial charge in [0.25, 0.3) is 0 Å². The summed E-state index contributed by atoms with van der Waals surface area (Å²) in [5.41, 5.74) is 0.959. The van der Waals surface area contributed by atoms with Gasteiger partial charge in [0.2, 0.25) is 0 Å². The average Bonchev–Trinajstić information content (AvgIpc) is 2.39. The number of aliphatic hydroxyl groups is 1. The van der Waals surface area contributed by atoms with Gasteiger partial charge >= 0.3 is 0 Å². The number of unbranched alkanes of at least 4 members (excludes halogenated alkanes) is 2. The fourth-order valence-electron chi connectivity index (χ4n) is 1.77. The monoisotopic (exact) mass is 231 g/mol. The molecule has 2 rings (SSSR count). The highest BCUT2D eigenvalue weighted by atomic mass is 16.5. The number of aromatic nitrogens is 1. The molecule has 1 heterocycles. The van der Waals surface area contributed by atoms with Gasteiger partial charge in [-0.15, -0.1) is 0 Å². The van der Waals surface area contributed by atoms with Crippen LogP contribution in [-0.4, -0.2) is 23.3 Å². The van der Waals surface area contributed by atoms with E-state index in [2.05, 4.69) is 4.98 Å². The molecule has 3 heteroatoms. The fraction of sp³-hybridized carbons (Fsp3) is 0.357. The van der Waals surface area contributed by atoms with E-state index in [0.717, 1.165) is 35.9 Å². The molecule has 0 aliphatic carbocycles. The number of hydrogen-bond acceptors (Lipinski definition) is 3. The van der Waals surface area contributed by atoms with Crippen LogP contribution in [0.4, 0.5) is 0 Å². The minimum Gasteiger partial charge on any atom is -0.493 e. The highest BCUT2D eigenvalue weighted by molar-refractivity contribution is 5.84. The largest absolute Gasteiger partial charge is 0.493 e. The van der Waals surface area contributed by atoms with Crippen LogP contribution in [0.25, 0.3) is 10.9 Å². The van der Waals surface area contributed by atoms with Crippen molar-refractivity contribution in [1.29, 1.82) is 0 Å². The van der Waals surface area contributed by atoms with Gasteiger partial charge in [-0.1, -0.05) is 12.1 Å². The first-order valence-electron chi connectivity index (χ1n) is 5.99. The summed E-state index contributed by atoms with van der Waals surface area (Å²) in [6.45, 7) is 0.951. The summed E-state index contributed by atoms with van der Waals surface area (Å²) in [6.07, 6.45) is 4.59. The molecule has 1 aromatic heterocycles. The fourth-order valence-corrected chi connectivity index (χ4v) is 1.77. The molecule has 3 nitrogen and oxygen atoms in total. The Morgan fingerprint density at radius 1 is 1.06 bits per heavy atom. The van der Waals surface area contributed by atoms with Crippen LogP contribution in [0.3, 0.4) is 0 Å². The topological polar surface area (TPSA) is 42.4 Å². The number of nitrogens with zero attached hydrogens (tertiary/aromatic N) is 1. The molecule has 0 amide bonds. The molecule has 17 heavy (non-hydrogen) atoms. The summed E-state index contributed by atoms with van der Waals surface area (Å²) in [6, 6.07) is 9.86. The Hall–Kier alpha value is -1.61. The third kappa shape index (κ3) is 3.17. The van der Waals surface area contributed by atoms with Crippen molar-refractivity contribution in [3.05, 3.63) is 36.5 Å². The zero-order chi connectivity index (χ0) is 11.9. The molecule has 0 aliphatic heterocycles. The molecule has 2 aromatic rings. The van der Waals surface area contributed by atoms with Gasteiger partial charge in [0.05, 0.1) is 12.1 Å². The number of benzene rings is 1. The summed E-state index contributed by atoms with van der Waals surface area (Å²) in [4.78, 5) is 4.29. The lowest BCUT2D eigenvalue weighted by molar-refractivity contribution is 0.267. The van der Waals surface area contributed by atoms with Crippen molar-refractivity contribution in [2.75, 3.05) is 13.2 Å². The highest BCUT2D eigenvalue weighted by Crippen LogP contribution is 2.23. The van der Waals surface area contributed by atoms with Gasteiger partial charge < -0.3 is 9.84 Å². The van der Waals surface area contributed by atoms with Gasteiger partial charge in [0.1, 0.15) is 5.75 Å². The lowest BCUT2D eigenvalue weighted by Crippen LogP contribution is -1.98. The van der Waals surface area contributed by atoms with Crippen molar-refractivity contribution in [2.24, 2.45) is 0 Å². The van der Waals surface area contributed by atoms with Crippen molar-refractivity contribution >= 4 is 10.9 Å². The summed E-state index contributed by atoms with van der Waals surface area (Å²) in [5, 5.41) is 9.73. The molecular formula is C14H17NO2. The molecule has 0 bridgehead atoms. The predicted octanol–water partition coefficient (Wildman–Crippen LogP) is 2.78. The van der Waals surface area contributed by atoms with E-state index in [1.807, 2.05) is 30.3 Å². The van der Waals surface area contributed by atoms with E-state index < -0.39 is 0 Å². The predicted molar refractivity (Wildman–Crippen MR) is 68.2 cm³/mol. The van der Waals surface area contributed by atoms with E-state index in [-0.39, 0.29) is 6.61 Å². The second-order valence-corrected chi connectivity index (χ2v) is 3.96. The molecule has 0 unspecified atom stereocenters. The second-order valence-electron chi connectivity index (χ2n) is 3.96. The van der Waals surface area contributed by atoms with Crippen LogP contribution in [0.15, 0.2) is 36.5 Å². The normalized spacial score (nSPS) is 10.6. The first kappa shape index (κ1) is 11.9. The lowest BCUT2D eigenvalue weighted by atomic mass is 10.2. The summed E-state index contributed by atoms with van der Waals surface area (Å²) >= 11 is 0. The number of fused-ring (bicyclic) bond motifs is 1. The summed E-state index contributed by atoms with van der Waals surface area (Å²) in [7, 11) is 0. The summed E-state index contributed by atoms with van der Waals surface area (Å²) in [5.74, 6) is 0.889. The first-order valence-corrected chi connectivity index (χ1v) is 5.99. The van der Waals surface area contributed by atoms with E-state index in [1.165, 1.54) is 0 Å². The SMILES string of the molecule is OCCCCCOc1ccnc2ccccc12. The van der Waals surface area contributed by atoms with E-state index in [4.69, 9.17) is 9.84 Å². The molecule has 0 spiro atoms. The molecule has 1 aromatic carbocycles. The number of ether oxygens (including phenoxy) is 1. The minimum absolute atomic E-state index is 0.262. The van der Waals surface area contributed by atoms with Gasteiger partial charge in [0, 0.05) is 18.2 Å². The number of aliphatic hydroxyl groups excluding tert-OH is 1. The third-order valence-corrected chi connectivity index (χ3v) is 2.67. The van der Waals surface area contributed by atoms with Crippen molar-refractivity contribution in [3.63, 3.8) is 0 Å². The Kier molecular flexibility index (Phi) is 4.33. The summed E-state index contributed by atoms with van der Waals surface area (Å²) < 4.78 is 5.74. The molecule has 90 valence electrons. The Balaban J connectivity index is 1.98. The van der Waals surface area contributed by atoms with Crippen LogP contribution in [0.1, 0.15) is 19.3 Å². The molecule has 0 radical (unpaired) electrons. The van der Waals surface area contributed by atoms with Crippen LogP contribution in [0.5, 0.6) is 5.75 Å². The third-order valence-electron chi connectivity index (χ3n) is 2.67. The van der Waals surface area contributed by atoms with Crippen LogP contribution < -0.4 is 4.74 Å². The highest BCUT2D eigenvalue weighted by Gasteiger charge is 2.01. The molecular weight excluding hydrogens is 214 g/mol. The molecule has 0 aliphatic rings. The van der Waals surface area contributed by atoms with E-state index >= 15 is 0 Å². The molecule has 0 atom stereocenters. The minimum atomic E-state index is 0.262. The number of pyridine rings is 1. The van der Waals surface area contributed by atoms with Crippen molar-refractivity contribution in [3.8, 4) is 5.75 Å². The molecule has 0 saturated carbocycles. The van der Waals surface area contributed by atoms with E-state index in [0.29, 0.717) is 6.61 Å². The molecule has 0 fully saturated rings. The number of hydrogen-bond donors (Lipinski definition) is 1. The van der Waals surface area contributed by atoms with Crippen molar-refractivity contribution in [2.45, 2.75) is 19.3 Å². The van der Waals surface area contributed by atoms with Crippen LogP contribution >= 0.6 is 0 Å². The smallest absolute Gasteiger partial charge is 0.130 e. The van der Waals surface area contributed by atoms with Gasteiger partial charge in [-0.25, -0.2) is 0 Å². The zero-order valence-corrected chi connectivity index (χ0v) is 9.80. The van der Waals surface area contributed by atoms with Gasteiger partial charge in [0.15, 0.2) is 0 Å². The van der Waals surface area contributed by atoms with Crippen molar-refractivity contribution < 1.29 is 9.84 Å². The Labute approximate surface area is 101 Å². The maximum Gasteiger partial charge on any atom is 0.130 e. The van der Waals surface area contributed by atoms with Gasteiger partial charge in [-0.3, -0.25) is 4.98 Å². The second kappa shape index (κ2) is 6.21. The molecule has 1 N–H and O–H groups in total.